The lowest BCUT2D eigenvalue weighted by Gasteiger charge is -2.09. The summed E-state index contributed by atoms with van der Waals surface area (Å²) in [6.07, 6.45) is 0. The van der Waals surface area contributed by atoms with Crippen LogP contribution in [-0.2, 0) is 20.6 Å². The number of hydrogen-bond donors (Lipinski definition) is 1. The average Bonchev–Trinajstić information content (AvgIpc) is 2.84. The molecule has 0 aliphatic heterocycles. The van der Waals surface area contributed by atoms with Crippen molar-refractivity contribution in [2.45, 2.75) is 13.5 Å². The van der Waals surface area contributed by atoms with E-state index >= 15 is 0 Å². The fourth-order valence-corrected chi connectivity index (χ4v) is 1.67. The van der Waals surface area contributed by atoms with Crippen LogP contribution in [0.1, 0.15) is 17.4 Å². The highest BCUT2D eigenvalue weighted by Crippen LogP contribution is 1.98. The third-order valence-corrected chi connectivity index (χ3v) is 2.69. The third kappa shape index (κ3) is 2.82. The maximum atomic E-state index is 12.3. The molecule has 0 aliphatic carbocycles. The Balaban J connectivity index is 2.47. The molecule has 0 aromatic carbocycles. The van der Waals surface area contributed by atoms with Gasteiger partial charge < -0.3 is 0 Å². The Labute approximate surface area is 123 Å². The first-order valence-electron chi connectivity index (χ1n) is 6.17. The van der Waals surface area contributed by atoms with Crippen LogP contribution >= 0.6 is 0 Å². The molecule has 2 aromatic rings. The van der Waals surface area contributed by atoms with E-state index in [2.05, 4.69) is 32.5 Å². The summed E-state index contributed by atoms with van der Waals surface area (Å²) in [5, 5.41) is 16.5. The van der Waals surface area contributed by atoms with Gasteiger partial charge in [0.25, 0.3) is 11.5 Å². The van der Waals surface area contributed by atoms with Crippen LogP contribution in [-0.4, -0.2) is 40.5 Å². The molecule has 0 fully saturated rings. The van der Waals surface area contributed by atoms with Crippen molar-refractivity contribution in [1.29, 1.82) is 0 Å². The number of rotatable bonds is 4. The fraction of sp³-hybridized carbons (Fsp3) is 0.364. The van der Waals surface area contributed by atoms with E-state index in [0.29, 0.717) is 5.57 Å². The van der Waals surface area contributed by atoms with Crippen LogP contribution in [0.2, 0.25) is 0 Å². The van der Waals surface area contributed by atoms with Crippen LogP contribution < -0.4 is 16.6 Å². The maximum absolute atomic E-state index is 12.3. The zero-order valence-electron chi connectivity index (χ0n) is 12.3. The molecule has 2 aromatic heterocycles. The van der Waals surface area contributed by atoms with Crippen LogP contribution in [0.25, 0.3) is 0 Å². The van der Waals surface area contributed by atoms with Crippen LogP contribution in [0.4, 0.5) is 5.95 Å². The van der Waals surface area contributed by atoms with Crippen molar-refractivity contribution in [3.63, 3.8) is 0 Å². The van der Waals surface area contributed by atoms with Gasteiger partial charge >= 0.3 is 5.69 Å². The molecule has 1 N–H and O–H groups in total. The number of amides is 1. The molecule has 11 heteroatoms. The summed E-state index contributed by atoms with van der Waals surface area (Å²) in [5.74, 6) is -0.763. The monoisotopic (exact) mass is 306 g/mol. The number of nitrogens with zero attached hydrogens (tertiary/aromatic N) is 7. The number of anilines is 1. The predicted octanol–water partition coefficient (Wildman–Crippen LogP) is -1.71. The molecule has 1 amide bonds. The van der Waals surface area contributed by atoms with Gasteiger partial charge in [-0.3, -0.25) is 19.5 Å². The van der Waals surface area contributed by atoms with E-state index < -0.39 is 22.9 Å². The lowest BCUT2D eigenvalue weighted by molar-refractivity contribution is 0.101. The quantitative estimate of drug-likeness (QED) is 0.666. The Morgan fingerprint density at radius 2 is 1.95 bits per heavy atom. The van der Waals surface area contributed by atoms with Gasteiger partial charge in [-0.2, -0.15) is 5.10 Å². The Bertz CT molecular complexity index is 859. The molecule has 0 unspecified atom stereocenters. The minimum atomic E-state index is -0.811. The number of allylic oxidation sites excluding steroid dienone is 1. The lowest BCUT2D eigenvalue weighted by Crippen LogP contribution is -2.44. The van der Waals surface area contributed by atoms with E-state index in [1.165, 1.54) is 18.8 Å². The SMILES string of the molecule is C=C(C)Cn1c(=O)c(C(=O)Nc2nnnn2C)nn(C)c1=O. The van der Waals surface area contributed by atoms with E-state index in [0.717, 1.165) is 9.25 Å². The number of tetrazole rings is 1. The van der Waals surface area contributed by atoms with Crippen molar-refractivity contribution in [3.05, 3.63) is 38.7 Å². The van der Waals surface area contributed by atoms with E-state index in [1.807, 2.05) is 0 Å². The number of carbonyl (C=O) groups is 1. The van der Waals surface area contributed by atoms with E-state index in [-0.39, 0.29) is 12.5 Å². The number of aryl methyl sites for hydroxylation is 2. The highest BCUT2D eigenvalue weighted by molar-refractivity contribution is 6.01. The molecule has 0 bridgehead atoms. The van der Waals surface area contributed by atoms with Crippen LogP contribution in [0.3, 0.4) is 0 Å². The summed E-state index contributed by atoms with van der Waals surface area (Å²) in [6.45, 7) is 5.31. The molecular formula is C11H14N8O3. The summed E-state index contributed by atoms with van der Waals surface area (Å²) >= 11 is 0. The standard InChI is InChI=1S/C11H14N8O3/c1-6(2)5-19-9(21)7(14-18(4)11(19)22)8(20)12-10-13-15-16-17(10)3/h1,5H2,2-4H3,(H,12,13,16,20). The molecule has 11 nitrogen and oxygen atoms in total. The van der Waals surface area contributed by atoms with Gasteiger partial charge in [-0.15, -0.1) is 0 Å². The fourth-order valence-electron chi connectivity index (χ4n) is 1.67. The number of aromatic nitrogens is 7. The van der Waals surface area contributed by atoms with Crippen LogP contribution in [0.5, 0.6) is 0 Å². The summed E-state index contributed by atoms with van der Waals surface area (Å²) < 4.78 is 3.01. The summed E-state index contributed by atoms with van der Waals surface area (Å²) in [5.41, 5.74) is -1.29. The van der Waals surface area contributed by atoms with E-state index in [1.54, 1.807) is 6.92 Å². The van der Waals surface area contributed by atoms with Crippen LogP contribution in [0, 0.1) is 0 Å². The normalized spacial score (nSPS) is 10.5. The maximum Gasteiger partial charge on any atom is 0.347 e. The van der Waals surface area contributed by atoms with E-state index in [9.17, 15) is 14.4 Å². The Morgan fingerprint density at radius 1 is 1.27 bits per heavy atom. The molecule has 116 valence electrons. The summed E-state index contributed by atoms with van der Waals surface area (Å²) in [7, 11) is 2.86. The first kappa shape index (κ1) is 15.3. The minimum absolute atomic E-state index is 0.000176. The highest BCUT2D eigenvalue weighted by atomic mass is 16.2. The Morgan fingerprint density at radius 3 is 2.50 bits per heavy atom. The Hall–Kier alpha value is -3.11. The number of hydrogen-bond acceptors (Lipinski definition) is 7. The van der Waals surface area contributed by atoms with Gasteiger partial charge in [0.05, 0.1) is 6.54 Å². The van der Waals surface area contributed by atoms with Crippen molar-refractivity contribution < 1.29 is 4.79 Å². The minimum Gasteiger partial charge on any atom is -0.288 e. The van der Waals surface area contributed by atoms with Crippen molar-refractivity contribution in [2.75, 3.05) is 5.32 Å². The molecule has 22 heavy (non-hydrogen) atoms. The summed E-state index contributed by atoms with van der Waals surface area (Å²) in [6, 6.07) is 0. The zero-order chi connectivity index (χ0) is 16.4. The van der Waals surface area contributed by atoms with Crippen molar-refractivity contribution in [1.82, 2.24) is 34.6 Å². The smallest absolute Gasteiger partial charge is 0.288 e. The van der Waals surface area contributed by atoms with Crippen molar-refractivity contribution in [3.8, 4) is 0 Å². The lowest BCUT2D eigenvalue weighted by atomic mass is 10.3. The molecule has 0 atom stereocenters. The van der Waals surface area contributed by atoms with E-state index in [4.69, 9.17) is 0 Å². The van der Waals surface area contributed by atoms with Gasteiger partial charge in [-0.1, -0.05) is 17.3 Å². The zero-order valence-corrected chi connectivity index (χ0v) is 12.3. The highest BCUT2D eigenvalue weighted by Gasteiger charge is 2.20. The predicted molar refractivity (Wildman–Crippen MR) is 75.3 cm³/mol. The first-order chi connectivity index (χ1) is 10.3. The second kappa shape index (κ2) is 5.71. The molecule has 2 rings (SSSR count). The molecular weight excluding hydrogens is 292 g/mol. The molecule has 0 radical (unpaired) electrons. The molecule has 2 heterocycles. The molecule has 0 saturated heterocycles. The first-order valence-corrected chi connectivity index (χ1v) is 6.17. The van der Waals surface area contributed by atoms with Gasteiger partial charge in [0.2, 0.25) is 11.6 Å². The average molecular weight is 306 g/mol. The Kier molecular flexibility index (Phi) is 3.97. The van der Waals surface area contributed by atoms with Gasteiger partial charge in [0.1, 0.15) is 0 Å². The van der Waals surface area contributed by atoms with Crippen molar-refractivity contribution >= 4 is 11.9 Å². The third-order valence-electron chi connectivity index (χ3n) is 2.69. The van der Waals surface area contributed by atoms with Gasteiger partial charge in [-0.25, -0.2) is 14.2 Å². The second-order valence-electron chi connectivity index (χ2n) is 4.68. The van der Waals surface area contributed by atoms with Gasteiger partial charge in [0, 0.05) is 14.1 Å². The largest absolute Gasteiger partial charge is 0.347 e. The van der Waals surface area contributed by atoms with Gasteiger partial charge in [0.15, 0.2) is 0 Å². The topological polar surface area (TPSA) is 130 Å². The number of carbonyl (C=O) groups excluding carboxylic acids is 1. The number of nitrogens with one attached hydrogen (secondary N) is 1. The van der Waals surface area contributed by atoms with Crippen LogP contribution in [0.15, 0.2) is 21.7 Å². The van der Waals surface area contributed by atoms with Crippen molar-refractivity contribution in [2.24, 2.45) is 14.1 Å². The summed E-state index contributed by atoms with van der Waals surface area (Å²) in [4.78, 5) is 36.3. The van der Waals surface area contributed by atoms with Gasteiger partial charge in [-0.05, 0) is 17.4 Å². The molecule has 0 saturated carbocycles. The molecule has 0 spiro atoms. The second-order valence-corrected chi connectivity index (χ2v) is 4.68. The molecule has 0 aliphatic rings.